The van der Waals surface area contributed by atoms with E-state index in [4.69, 9.17) is 28.4 Å². The quantitative estimate of drug-likeness (QED) is 0.149. The van der Waals surface area contributed by atoms with Crippen LogP contribution in [0.5, 0.6) is 11.5 Å². The third-order valence-corrected chi connectivity index (χ3v) is 7.93. The summed E-state index contributed by atoms with van der Waals surface area (Å²) in [6, 6.07) is 26.1. The predicted octanol–water partition coefficient (Wildman–Crippen LogP) is 5.15. The lowest BCUT2D eigenvalue weighted by Gasteiger charge is -2.17. The van der Waals surface area contributed by atoms with Crippen LogP contribution in [0.1, 0.15) is 11.1 Å². The smallest absolute Gasteiger partial charge is 0.349 e. The molecule has 0 aromatic heterocycles. The Labute approximate surface area is 264 Å². The zero-order valence-corrected chi connectivity index (χ0v) is 25.0. The van der Waals surface area contributed by atoms with Gasteiger partial charge in [-0.3, -0.25) is 0 Å². The van der Waals surface area contributed by atoms with Gasteiger partial charge in [-0.25, -0.2) is 9.59 Å². The lowest BCUT2D eigenvalue weighted by atomic mass is 10.0. The first-order valence-electron chi connectivity index (χ1n) is 14.4. The molecule has 2 saturated heterocycles. The van der Waals surface area contributed by atoms with E-state index in [9.17, 15) is 20.1 Å². The molecule has 2 aliphatic heterocycles. The summed E-state index contributed by atoms with van der Waals surface area (Å²) >= 11 is 0. The standard InChI is InChI=1S/C36H28N2O8/c1-41-29-9-7-23-11-21(3-5-25(23)15-29)13-27(17-37)35(39)45-31-19-43-34-32(20-44-33(31)34)46-36(40)28(18-38)14-22-4-6-26-16-30(42-2)10-8-24(26)12-22/h3-16,31-34H,19-20H2,1-2H3/b27-13+,28-14+/t31-,32+,33-,34-/m1/s1. The second kappa shape index (κ2) is 13.1. The van der Waals surface area contributed by atoms with E-state index in [1.807, 2.05) is 72.8 Å². The van der Waals surface area contributed by atoms with Crippen LogP contribution in [0.2, 0.25) is 0 Å². The molecule has 0 radical (unpaired) electrons. The molecule has 0 bridgehead atoms. The summed E-state index contributed by atoms with van der Waals surface area (Å²) < 4.78 is 33.3. The van der Waals surface area contributed by atoms with Crippen LogP contribution in [0.4, 0.5) is 0 Å². The van der Waals surface area contributed by atoms with Gasteiger partial charge in [0.15, 0.2) is 12.2 Å². The monoisotopic (exact) mass is 616 g/mol. The highest BCUT2D eigenvalue weighted by Gasteiger charge is 2.51. The molecule has 4 aromatic rings. The largest absolute Gasteiger partial charge is 0.497 e. The van der Waals surface area contributed by atoms with Crippen LogP contribution >= 0.6 is 0 Å². The number of fused-ring (bicyclic) bond motifs is 3. The highest BCUT2D eigenvalue weighted by atomic mass is 16.7. The third-order valence-electron chi connectivity index (χ3n) is 7.93. The van der Waals surface area contributed by atoms with E-state index < -0.39 is 36.4 Å². The maximum absolute atomic E-state index is 13.0. The van der Waals surface area contributed by atoms with Gasteiger partial charge in [-0.05, 0) is 81.2 Å². The van der Waals surface area contributed by atoms with Crippen LogP contribution in [0.3, 0.4) is 0 Å². The van der Waals surface area contributed by atoms with Crippen molar-refractivity contribution >= 4 is 45.6 Å². The van der Waals surface area contributed by atoms with Crippen molar-refractivity contribution in [3.63, 3.8) is 0 Å². The Bertz CT molecular complexity index is 1840. The Balaban J connectivity index is 1.09. The Morgan fingerprint density at radius 1 is 0.652 bits per heavy atom. The van der Waals surface area contributed by atoms with E-state index in [1.54, 1.807) is 26.4 Å². The molecule has 4 atom stereocenters. The minimum absolute atomic E-state index is 0.00549. The number of hydrogen-bond donors (Lipinski definition) is 0. The third kappa shape index (κ3) is 6.26. The Hall–Kier alpha value is -5.68. The molecule has 0 saturated carbocycles. The summed E-state index contributed by atoms with van der Waals surface area (Å²) in [5, 5.41) is 23.1. The van der Waals surface area contributed by atoms with E-state index in [-0.39, 0.29) is 24.4 Å². The van der Waals surface area contributed by atoms with Gasteiger partial charge in [-0.2, -0.15) is 10.5 Å². The highest BCUT2D eigenvalue weighted by Crippen LogP contribution is 2.32. The van der Waals surface area contributed by atoms with Crippen molar-refractivity contribution in [2.75, 3.05) is 27.4 Å². The van der Waals surface area contributed by atoms with Gasteiger partial charge < -0.3 is 28.4 Å². The van der Waals surface area contributed by atoms with Crippen molar-refractivity contribution < 1.29 is 38.0 Å². The zero-order chi connectivity index (χ0) is 32.2. The van der Waals surface area contributed by atoms with E-state index >= 15 is 0 Å². The number of nitriles is 2. The number of methoxy groups -OCH3 is 2. The molecule has 0 spiro atoms. The second-order valence-electron chi connectivity index (χ2n) is 10.8. The van der Waals surface area contributed by atoms with Gasteiger partial charge in [0, 0.05) is 0 Å². The van der Waals surface area contributed by atoms with E-state index in [1.165, 1.54) is 12.2 Å². The molecule has 10 heteroatoms. The Kier molecular flexibility index (Phi) is 8.66. The molecule has 0 unspecified atom stereocenters. The molecule has 6 rings (SSSR count). The van der Waals surface area contributed by atoms with Crippen LogP contribution in [0.15, 0.2) is 83.9 Å². The van der Waals surface area contributed by atoms with Crippen molar-refractivity contribution in [2.24, 2.45) is 0 Å². The molecule has 46 heavy (non-hydrogen) atoms. The fraction of sp³-hybridized carbons (Fsp3) is 0.222. The van der Waals surface area contributed by atoms with Crippen LogP contribution in [0.25, 0.3) is 33.7 Å². The first-order valence-corrected chi connectivity index (χ1v) is 14.4. The summed E-state index contributed by atoms with van der Waals surface area (Å²) in [5.74, 6) is -0.186. The molecule has 0 amide bonds. The molecule has 2 fully saturated rings. The number of nitrogens with zero attached hydrogens (tertiary/aromatic N) is 2. The van der Waals surface area contributed by atoms with Gasteiger partial charge in [-0.1, -0.05) is 36.4 Å². The number of ether oxygens (including phenoxy) is 6. The molecular weight excluding hydrogens is 588 g/mol. The van der Waals surface area contributed by atoms with E-state index in [0.717, 1.165) is 33.0 Å². The Morgan fingerprint density at radius 3 is 1.43 bits per heavy atom. The number of rotatable bonds is 8. The van der Waals surface area contributed by atoms with Crippen LogP contribution in [0, 0.1) is 22.7 Å². The fourth-order valence-corrected chi connectivity index (χ4v) is 5.56. The summed E-state index contributed by atoms with van der Waals surface area (Å²) in [6.07, 6.45) is -0.120. The number of benzene rings is 4. The molecule has 10 nitrogen and oxygen atoms in total. The molecule has 4 aromatic carbocycles. The van der Waals surface area contributed by atoms with Crippen LogP contribution < -0.4 is 9.47 Å². The van der Waals surface area contributed by atoms with Gasteiger partial charge >= 0.3 is 11.9 Å². The van der Waals surface area contributed by atoms with Crippen molar-refractivity contribution in [1.82, 2.24) is 0 Å². The van der Waals surface area contributed by atoms with Gasteiger partial charge in [0.2, 0.25) is 0 Å². The van der Waals surface area contributed by atoms with Gasteiger partial charge in [-0.15, -0.1) is 0 Å². The maximum Gasteiger partial charge on any atom is 0.349 e. The lowest BCUT2D eigenvalue weighted by Crippen LogP contribution is -2.36. The van der Waals surface area contributed by atoms with Crippen molar-refractivity contribution in [2.45, 2.75) is 24.4 Å². The molecule has 0 N–H and O–H groups in total. The van der Waals surface area contributed by atoms with Gasteiger partial charge in [0.05, 0.1) is 27.4 Å². The number of carbonyl (C=O) groups is 2. The minimum atomic E-state index is -0.820. The van der Waals surface area contributed by atoms with Crippen molar-refractivity contribution in [3.05, 3.63) is 95.1 Å². The molecule has 2 heterocycles. The number of carbonyl (C=O) groups excluding carboxylic acids is 2. The minimum Gasteiger partial charge on any atom is -0.497 e. The average molecular weight is 617 g/mol. The predicted molar refractivity (Wildman–Crippen MR) is 167 cm³/mol. The average Bonchev–Trinajstić information content (AvgIpc) is 3.67. The summed E-state index contributed by atoms with van der Waals surface area (Å²) in [4.78, 5) is 25.9. The number of esters is 2. The van der Waals surface area contributed by atoms with E-state index in [2.05, 4.69) is 0 Å². The van der Waals surface area contributed by atoms with Gasteiger partial charge in [0.25, 0.3) is 0 Å². The van der Waals surface area contributed by atoms with E-state index in [0.29, 0.717) is 11.1 Å². The second-order valence-corrected chi connectivity index (χ2v) is 10.8. The summed E-state index contributed by atoms with van der Waals surface area (Å²) in [5.41, 5.74) is 0.935. The first-order chi connectivity index (χ1) is 22.4. The zero-order valence-electron chi connectivity index (χ0n) is 25.0. The highest BCUT2D eigenvalue weighted by molar-refractivity contribution is 5.99. The van der Waals surface area contributed by atoms with Crippen molar-refractivity contribution in [3.8, 4) is 23.6 Å². The molecule has 2 aliphatic rings. The van der Waals surface area contributed by atoms with Crippen LogP contribution in [-0.2, 0) is 28.5 Å². The normalized spacial score (nSPS) is 20.9. The fourth-order valence-electron chi connectivity index (χ4n) is 5.56. The van der Waals surface area contributed by atoms with Crippen molar-refractivity contribution in [1.29, 1.82) is 10.5 Å². The SMILES string of the molecule is COc1ccc2cc(/C=C(\C#N)C(=O)O[C@H]3CO[C@H]4[C@@H]3OC[C@H]4OC(=O)/C(C#N)=C/c3ccc4cc(OC)ccc4c3)ccc2c1. The molecular formula is C36H28N2O8. The summed E-state index contributed by atoms with van der Waals surface area (Å²) in [7, 11) is 3.19. The number of hydrogen-bond acceptors (Lipinski definition) is 10. The molecule has 230 valence electrons. The summed E-state index contributed by atoms with van der Waals surface area (Å²) in [6.45, 7) is -0.0110. The van der Waals surface area contributed by atoms with Crippen LogP contribution in [-0.4, -0.2) is 63.8 Å². The topological polar surface area (TPSA) is 137 Å². The maximum atomic E-state index is 13.0. The Morgan fingerprint density at radius 2 is 1.04 bits per heavy atom. The van der Waals surface area contributed by atoms with Gasteiger partial charge in [0.1, 0.15) is 47.0 Å². The first kappa shape index (κ1) is 30.4. The molecule has 0 aliphatic carbocycles. The lowest BCUT2D eigenvalue weighted by molar-refractivity contribution is -0.149.